The van der Waals surface area contributed by atoms with Gasteiger partial charge >= 0.3 is 0 Å². The van der Waals surface area contributed by atoms with E-state index in [1.54, 1.807) is 18.2 Å². The lowest BCUT2D eigenvalue weighted by atomic mass is 10.2. The van der Waals surface area contributed by atoms with Crippen molar-refractivity contribution in [2.45, 2.75) is 11.8 Å². The lowest BCUT2D eigenvalue weighted by Crippen LogP contribution is -2.14. The second-order valence-electron chi connectivity index (χ2n) is 5.14. The van der Waals surface area contributed by atoms with Gasteiger partial charge in [0.15, 0.2) is 0 Å². The van der Waals surface area contributed by atoms with Crippen molar-refractivity contribution in [2.24, 2.45) is 0 Å². The number of nitrogens with zero attached hydrogens (tertiary/aromatic N) is 1. The Bertz CT molecular complexity index is 958. The summed E-state index contributed by atoms with van der Waals surface area (Å²) in [6.07, 6.45) is 1.16. The Kier molecular flexibility index (Phi) is 5.54. The molecule has 7 nitrogen and oxygen atoms in total. The molecule has 8 heteroatoms. The van der Waals surface area contributed by atoms with Crippen LogP contribution in [-0.4, -0.2) is 18.9 Å². The molecule has 0 atom stereocenters. The predicted molar refractivity (Wildman–Crippen MR) is 93.4 cm³/mol. The minimum Gasteiger partial charge on any atom is -0.360 e. The summed E-state index contributed by atoms with van der Waals surface area (Å²) in [5, 5.41) is 14.4. The van der Waals surface area contributed by atoms with Gasteiger partial charge in [0.05, 0.1) is 4.90 Å². The van der Waals surface area contributed by atoms with Crippen molar-refractivity contribution in [1.29, 1.82) is 5.26 Å². The summed E-state index contributed by atoms with van der Waals surface area (Å²) in [7, 11) is -4.34. The van der Waals surface area contributed by atoms with E-state index in [1.165, 1.54) is 24.3 Å². The maximum Gasteiger partial charge on any atom is 0.294 e. The molecule has 0 aromatic heterocycles. The highest BCUT2D eigenvalue weighted by molar-refractivity contribution is 7.85. The molecule has 0 saturated heterocycles. The Morgan fingerprint density at radius 3 is 2.44 bits per heavy atom. The molecule has 25 heavy (non-hydrogen) atoms. The third kappa shape index (κ3) is 5.17. The number of carbonyl (C=O) groups is 1. The summed E-state index contributed by atoms with van der Waals surface area (Å²) >= 11 is 0. The third-order valence-corrected chi connectivity index (χ3v) is 4.04. The van der Waals surface area contributed by atoms with Crippen molar-refractivity contribution in [3.63, 3.8) is 0 Å². The van der Waals surface area contributed by atoms with Crippen LogP contribution in [0.25, 0.3) is 0 Å². The Morgan fingerprint density at radius 2 is 1.84 bits per heavy atom. The summed E-state index contributed by atoms with van der Waals surface area (Å²) in [6.45, 7) is 1.91. The predicted octanol–water partition coefficient (Wildman–Crippen LogP) is 2.70. The van der Waals surface area contributed by atoms with Crippen molar-refractivity contribution >= 4 is 27.4 Å². The molecule has 0 bridgehead atoms. The normalized spacial score (nSPS) is 11.5. The first-order valence-corrected chi connectivity index (χ1v) is 8.56. The van der Waals surface area contributed by atoms with E-state index in [4.69, 9.17) is 9.81 Å². The van der Waals surface area contributed by atoms with Crippen molar-refractivity contribution in [2.75, 3.05) is 10.6 Å². The van der Waals surface area contributed by atoms with Gasteiger partial charge in [-0.05, 0) is 37.3 Å². The van der Waals surface area contributed by atoms with Gasteiger partial charge in [-0.25, -0.2) is 0 Å². The molecule has 2 rings (SSSR count). The topological polar surface area (TPSA) is 119 Å². The number of hydrogen-bond donors (Lipinski definition) is 3. The number of benzene rings is 2. The highest BCUT2D eigenvalue weighted by Crippen LogP contribution is 2.16. The van der Waals surface area contributed by atoms with E-state index in [0.717, 1.165) is 11.8 Å². The van der Waals surface area contributed by atoms with Gasteiger partial charge in [-0.2, -0.15) is 13.7 Å². The van der Waals surface area contributed by atoms with Crippen LogP contribution in [0.4, 0.5) is 11.4 Å². The standard InChI is InChI=1S/C17H15N3O4S/c1-12-5-7-14(8-6-12)20-17(21)13(10-18)11-19-15-3-2-4-16(9-15)25(22,23)24/h2-9,11,19H,1H3,(H,20,21)(H,22,23,24)/b13-11-. The van der Waals surface area contributed by atoms with Gasteiger partial charge in [0.25, 0.3) is 16.0 Å². The highest BCUT2D eigenvalue weighted by atomic mass is 32.2. The zero-order valence-electron chi connectivity index (χ0n) is 13.2. The van der Waals surface area contributed by atoms with Crippen molar-refractivity contribution in [3.05, 3.63) is 65.9 Å². The smallest absolute Gasteiger partial charge is 0.294 e. The summed E-state index contributed by atoms with van der Waals surface area (Å²) in [5.41, 5.74) is 1.68. The molecule has 0 heterocycles. The lowest BCUT2D eigenvalue weighted by Gasteiger charge is -2.06. The molecule has 0 saturated carbocycles. The number of nitrogens with one attached hydrogen (secondary N) is 2. The van der Waals surface area contributed by atoms with Gasteiger partial charge in [-0.1, -0.05) is 23.8 Å². The molecule has 0 unspecified atom stereocenters. The SMILES string of the molecule is Cc1ccc(NC(=O)/C(C#N)=C\Nc2cccc(S(=O)(=O)O)c2)cc1. The summed E-state index contributed by atoms with van der Waals surface area (Å²) in [4.78, 5) is 11.8. The van der Waals surface area contributed by atoms with Crippen LogP contribution in [0.3, 0.4) is 0 Å². The fraction of sp³-hybridized carbons (Fsp3) is 0.0588. The first kappa shape index (κ1) is 18.2. The van der Waals surface area contributed by atoms with Crippen LogP contribution in [0.1, 0.15) is 5.56 Å². The summed E-state index contributed by atoms with van der Waals surface area (Å²) < 4.78 is 31.2. The van der Waals surface area contributed by atoms with Gasteiger partial charge in [-0.15, -0.1) is 0 Å². The van der Waals surface area contributed by atoms with Crippen molar-refractivity contribution < 1.29 is 17.8 Å². The van der Waals surface area contributed by atoms with Crippen LogP contribution >= 0.6 is 0 Å². The molecular weight excluding hydrogens is 342 g/mol. The zero-order valence-corrected chi connectivity index (χ0v) is 14.0. The maximum atomic E-state index is 12.1. The second kappa shape index (κ2) is 7.61. The van der Waals surface area contributed by atoms with E-state index in [2.05, 4.69) is 10.6 Å². The van der Waals surface area contributed by atoms with E-state index < -0.39 is 16.0 Å². The molecular formula is C17H15N3O4S. The summed E-state index contributed by atoms with van der Waals surface area (Å²) in [5.74, 6) is -0.607. The fourth-order valence-electron chi connectivity index (χ4n) is 1.89. The average Bonchev–Trinajstić information content (AvgIpc) is 2.57. The van der Waals surface area contributed by atoms with E-state index in [9.17, 15) is 13.2 Å². The monoisotopic (exact) mass is 357 g/mol. The molecule has 0 aliphatic carbocycles. The average molecular weight is 357 g/mol. The number of aryl methyl sites for hydroxylation is 1. The van der Waals surface area contributed by atoms with Crippen LogP contribution < -0.4 is 10.6 Å². The van der Waals surface area contributed by atoms with Crippen LogP contribution in [0.2, 0.25) is 0 Å². The van der Waals surface area contributed by atoms with E-state index in [0.29, 0.717) is 11.4 Å². The minimum atomic E-state index is -4.34. The van der Waals surface area contributed by atoms with E-state index >= 15 is 0 Å². The molecule has 0 spiro atoms. The van der Waals surface area contributed by atoms with Gasteiger partial charge in [-0.3, -0.25) is 9.35 Å². The van der Waals surface area contributed by atoms with Crippen molar-refractivity contribution in [3.8, 4) is 6.07 Å². The molecule has 0 aliphatic rings. The quantitative estimate of drug-likeness (QED) is 0.430. The van der Waals surface area contributed by atoms with Gasteiger partial charge in [0, 0.05) is 17.6 Å². The molecule has 0 aliphatic heterocycles. The Labute approximate surface area is 145 Å². The summed E-state index contributed by atoms with van der Waals surface area (Å²) in [6, 6.07) is 14.2. The molecule has 0 fully saturated rings. The lowest BCUT2D eigenvalue weighted by molar-refractivity contribution is -0.112. The molecule has 3 N–H and O–H groups in total. The van der Waals surface area contributed by atoms with Crippen LogP contribution in [0.5, 0.6) is 0 Å². The number of carbonyl (C=O) groups excluding carboxylic acids is 1. The first-order valence-electron chi connectivity index (χ1n) is 7.12. The second-order valence-corrected chi connectivity index (χ2v) is 6.56. The minimum absolute atomic E-state index is 0.196. The Balaban J connectivity index is 2.13. The molecule has 2 aromatic carbocycles. The molecule has 128 valence electrons. The molecule has 0 radical (unpaired) electrons. The number of rotatable bonds is 5. The molecule has 1 amide bonds. The van der Waals surface area contributed by atoms with E-state index in [1.807, 2.05) is 19.1 Å². The largest absolute Gasteiger partial charge is 0.360 e. The first-order chi connectivity index (χ1) is 11.8. The number of hydrogen-bond acceptors (Lipinski definition) is 5. The molecule has 2 aromatic rings. The number of anilines is 2. The Hall–Kier alpha value is -3.15. The van der Waals surface area contributed by atoms with Gasteiger partial charge < -0.3 is 10.6 Å². The number of nitriles is 1. The van der Waals surface area contributed by atoms with Crippen LogP contribution in [0.15, 0.2) is 65.2 Å². The van der Waals surface area contributed by atoms with Crippen molar-refractivity contribution in [1.82, 2.24) is 0 Å². The maximum absolute atomic E-state index is 12.1. The van der Waals surface area contributed by atoms with Gasteiger partial charge in [0.1, 0.15) is 11.6 Å². The van der Waals surface area contributed by atoms with Crippen LogP contribution in [-0.2, 0) is 14.9 Å². The fourth-order valence-corrected chi connectivity index (χ4v) is 2.41. The van der Waals surface area contributed by atoms with E-state index in [-0.39, 0.29) is 10.5 Å². The van der Waals surface area contributed by atoms with Crippen LogP contribution in [0, 0.1) is 18.3 Å². The van der Waals surface area contributed by atoms with Gasteiger partial charge in [0.2, 0.25) is 0 Å². The zero-order chi connectivity index (χ0) is 18.4. The third-order valence-electron chi connectivity index (χ3n) is 3.19. The Morgan fingerprint density at radius 1 is 1.16 bits per heavy atom. The number of amides is 1. The highest BCUT2D eigenvalue weighted by Gasteiger charge is 2.11.